The molecule has 1 aliphatic heterocycles. The van der Waals surface area contributed by atoms with E-state index in [2.05, 4.69) is 50.2 Å². The molecule has 1 saturated heterocycles. The van der Waals surface area contributed by atoms with Gasteiger partial charge < -0.3 is 4.74 Å². The average Bonchev–Trinajstić information content (AvgIpc) is 2.83. The molecule has 1 aromatic carbocycles. The molecule has 1 fully saturated rings. The Labute approximate surface area is 79.1 Å². The van der Waals surface area contributed by atoms with Gasteiger partial charge in [-0.1, -0.05) is 29.8 Å². The third kappa shape index (κ3) is 1.36. The highest BCUT2D eigenvalue weighted by Crippen LogP contribution is 2.40. The summed E-state index contributed by atoms with van der Waals surface area (Å²) in [5.74, 6) is 0. The predicted octanol–water partition coefficient (Wildman–Crippen LogP) is 1.74. The molecule has 0 amide bonds. The fraction of sp³-hybridized carbons (Fsp3) is 0.455. The van der Waals surface area contributed by atoms with Crippen LogP contribution in [-0.4, -0.2) is 25.6 Å². The molecule has 0 aliphatic carbocycles. The van der Waals surface area contributed by atoms with Gasteiger partial charge in [0.25, 0.3) is 0 Å². The van der Waals surface area contributed by atoms with Crippen molar-refractivity contribution in [3.8, 4) is 0 Å². The minimum Gasteiger partial charge on any atom is -0.349 e. The van der Waals surface area contributed by atoms with Crippen LogP contribution in [0.1, 0.15) is 11.1 Å². The molecule has 0 bridgehead atoms. The first-order valence-corrected chi connectivity index (χ1v) is 4.54. The molecule has 0 N–H and O–H groups in total. The van der Waals surface area contributed by atoms with E-state index in [0.29, 0.717) is 0 Å². The Kier molecular flexibility index (Phi) is 1.90. The minimum atomic E-state index is -0.133. The van der Waals surface area contributed by atoms with Crippen molar-refractivity contribution < 1.29 is 4.74 Å². The highest BCUT2D eigenvalue weighted by molar-refractivity contribution is 5.30. The standard InChI is InChI=1S/C11H15NO/c1-9-5-4-6-10(7-9)11(8-13-11)12(2)3/h4-7H,8H2,1-3H3. The fourth-order valence-electron chi connectivity index (χ4n) is 1.64. The molecule has 2 nitrogen and oxygen atoms in total. The molecular weight excluding hydrogens is 162 g/mol. The third-order valence-electron chi connectivity index (χ3n) is 2.61. The lowest BCUT2D eigenvalue weighted by Crippen LogP contribution is -2.29. The van der Waals surface area contributed by atoms with Crippen LogP contribution in [0.4, 0.5) is 0 Å². The van der Waals surface area contributed by atoms with E-state index in [4.69, 9.17) is 4.74 Å². The Balaban J connectivity index is 2.35. The van der Waals surface area contributed by atoms with Crippen LogP contribution in [-0.2, 0) is 10.5 Å². The van der Waals surface area contributed by atoms with Crippen molar-refractivity contribution in [1.82, 2.24) is 4.90 Å². The van der Waals surface area contributed by atoms with E-state index in [0.717, 1.165) is 6.61 Å². The van der Waals surface area contributed by atoms with Crippen molar-refractivity contribution in [3.63, 3.8) is 0 Å². The normalized spacial score (nSPS) is 26.5. The maximum absolute atomic E-state index is 5.52. The highest BCUT2D eigenvalue weighted by atomic mass is 16.6. The molecule has 1 atom stereocenters. The van der Waals surface area contributed by atoms with Crippen LogP contribution in [0.3, 0.4) is 0 Å². The van der Waals surface area contributed by atoms with E-state index in [1.54, 1.807) is 0 Å². The van der Waals surface area contributed by atoms with E-state index in [9.17, 15) is 0 Å². The summed E-state index contributed by atoms with van der Waals surface area (Å²) < 4.78 is 5.52. The van der Waals surface area contributed by atoms with Crippen LogP contribution in [0.15, 0.2) is 24.3 Å². The lowest BCUT2D eigenvalue weighted by molar-refractivity contribution is 0.131. The summed E-state index contributed by atoms with van der Waals surface area (Å²) in [5.41, 5.74) is 2.41. The van der Waals surface area contributed by atoms with E-state index >= 15 is 0 Å². The van der Waals surface area contributed by atoms with Gasteiger partial charge in [0.1, 0.15) is 0 Å². The summed E-state index contributed by atoms with van der Waals surface area (Å²) in [7, 11) is 4.10. The zero-order valence-electron chi connectivity index (χ0n) is 8.37. The van der Waals surface area contributed by atoms with E-state index in [1.165, 1.54) is 11.1 Å². The number of epoxide rings is 1. The molecule has 13 heavy (non-hydrogen) atoms. The van der Waals surface area contributed by atoms with Gasteiger partial charge in [-0.05, 0) is 21.0 Å². The van der Waals surface area contributed by atoms with Gasteiger partial charge in [0.2, 0.25) is 0 Å². The molecule has 1 aromatic rings. The summed E-state index contributed by atoms with van der Waals surface area (Å²) in [6.07, 6.45) is 0. The summed E-state index contributed by atoms with van der Waals surface area (Å²) in [4.78, 5) is 2.13. The molecule has 1 heterocycles. The monoisotopic (exact) mass is 177 g/mol. The smallest absolute Gasteiger partial charge is 0.171 e. The number of aryl methyl sites for hydroxylation is 1. The molecule has 0 saturated carbocycles. The van der Waals surface area contributed by atoms with Crippen LogP contribution < -0.4 is 0 Å². The van der Waals surface area contributed by atoms with Crippen molar-refractivity contribution in [2.24, 2.45) is 0 Å². The van der Waals surface area contributed by atoms with Crippen LogP contribution in [0.2, 0.25) is 0 Å². The third-order valence-corrected chi connectivity index (χ3v) is 2.61. The molecule has 1 aliphatic rings. The number of benzene rings is 1. The lowest BCUT2D eigenvalue weighted by Gasteiger charge is -2.20. The molecule has 2 heteroatoms. The van der Waals surface area contributed by atoms with Gasteiger partial charge in [-0.2, -0.15) is 0 Å². The zero-order chi connectivity index (χ0) is 9.47. The van der Waals surface area contributed by atoms with Crippen LogP contribution in [0, 0.1) is 6.92 Å². The first kappa shape index (κ1) is 8.73. The second-order valence-corrected chi connectivity index (χ2v) is 3.84. The molecule has 2 rings (SSSR count). The van der Waals surface area contributed by atoms with Gasteiger partial charge in [-0.15, -0.1) is 0 Å². The van der Waals surface area contributed by atoms with Gasteiger partial charge in [0.15, 0.2) is 5.72 Å². The number of nitrogens with zero attached hydrogens (tertiary/aromatic N) is 1. The molecule has 70 valence electrons. The van der Waals surface area contributed by atoms with Gasteiger partial charge in [-0.3, -0.25) is 4.90 Å². The Morgan fingerprint density at radius 1 is 1.38 bits per heavy atom. The van der Waals surface area contributed by atoms with Crippen molar-refractivity contribution in [2.45, 2.75) is 12.6 Å². The van der Waals surface area contributed by atoms with Gasteiger partial charge in [0.05, 0.1) is 6.61 Å². The van der Waals surface area contributed by atoms with Crippen LogP contribution >= 0.6 is 0 Å². The molecule has 0 spiro atoms. The summed E-state index contributed by atoms with van der Waals surface area (Å²) in [6, 6.07) is 8.50. The Bertz CT molecular complexity index is 316. The van der Waals surface area contributed by atoms with E-state index < -0.39 is 0 Å². The van der Waals surface area contributed by atoms with Crippen LogP contribution in [0.25, 0.3) is 0 Å². The first-order valence-electron chi connectivity index (χ1n) is 4.54. The second kappa shape index (κ2) is 2.82. The second-order valence-electron chi connectivity index (χ2n) is 3.84. The van der Waals surface area contributed by atoms with E-state index in [1.807, 2.05) is 0 Å². The Morgan fingerprint density at radius 2 is 2.08 bits per heavy atom. The minimum absolute atomic E-state index is 0.133. The summed E-state index contributed by atoms with van der Waals surface area (Å²) in [5, 5.41) is 0. The summed E-state index contributed by atoms with van der Waals surface area (Å²) in [6.45, 7) is 2.92. The van der Waals surface area contributed by atoms with Crippen molar-refractivity contribution in [1.29, 1.82) is 0 Å². The molecule has 1 unspecified atom stereocenters. The molecule has 0 aromatic heterocycles. The van der Waals surface area contributed by atoms with Gasteiger partial charge >= 0.3 is 0 Å². The fourth-order valence-corrected chi connectivity index (χ4v) is 1.64. The number of hydrogen-bond donors (Lipinski definition) is 0. The van der Waals surface area contributed by atoms with Crippen molar-refractivity contribution >= 4 is 0 Å². The lowest BCUT2D eigenvalue weighted by atomic mass is 10.0. The van der Waals surface area contributed by atoms with E-state index in [-0.39, 0.29) is 5.72 Å². The number of likely N-dealkylation sites (N-methyl/N-ethyl adjacent to an activating group) is 1. The van der Waals surface area contributed by atoms with Crippen LogP contribution in [0.5, 0.6) is 0 Å². The largest absolute Gasteiger partial charge is 0.349 e. The van der Waals surface area contributed by atoms with Crippen molar-refractivity contribution in [2.75, 3.05) is 20.7 Å². The maximum atomic E-state index is 5.52. The first-order chi connectivity index (χ1) is 6.15. The number of hydrogen-bond acceptors (Lipinski definition) is 2. The average molecular weight is 177 g/mol. The highest BCUT2D eigenvalue weighted by Gasteiger charge is 2.48. The maximum Gasteiger partial charge on any atom is 0.171 e. The SMILES string of the molecule is Cc1cccc(C2(N(C)C)CO2)c1. The van der Waals surface area contributed by atoms with Crippen molar-refractivity contribution in [3.05, 3.63) is 35.4 Å². The van der Waals surface area contributed by atoms with Gasteiger partial charge in [0, 0.05) is 5.56 Å². The summed E-state index contributed by atoms with van der Waals surface area (Å²) >= 11 is 0. The molecular formula is C11H15NO. The number of rotatable bonds is 2. The Hall–Kier alpha value is -0.860. The van der Waals surface area contributed by atoms with Gasteiger partial charge in [-0.25, -0.2) is 0 Å². The quantitative estimate of drug-likeness (QED) is 0.639. The zero-order valence-corrected chi connectivity index (χ0v) is 8.37. The topological polar surface area (TPSA) is 15.8 Å². The predicted molar refractivity (Wildman–Crippen MR) is 52.5 cm³/mol. The number of ether oxygens (including phenoxy) is 1. The Morgan fingerprint density at radius 3 is 2.54 bits per heavy atom. The molecule has 0 radical (unpaired) electrons.